The Morgan fingerprint density at radius 1 is 1.57 bits per heavy atom. The molecule has 0 fully saturated rings. The number of carboxylic acids is 1. The molecular formula is C8H4N2O4. The maximum absolute atomic E-state index is 10.6. The number of hydrogen-bond acceptors (Lipinski definition) is 4. The highest BCUT2D eigenvalue weighted by molar-refractivity contribution is 5.93. The lowest BCUT2D eigenvalue weighted by atomic mass is 10.1. The van der Waals surface area contributed by atoms with Crippen LogP contribution in [0, 0.1) is 21.4 Å². The van der Waals surface area contributed by atoms with Crippen LogP contribution in [0.5, 0.6) is 0 Å². The number of para-hydroxylation sites is 1. The molecule has 6 nitrogen and oxygen atoms in total. The van der Waals surface area contributed by atoms with Gasteiger partial charge in [0.1, 0.15) is 17.2 Å². The molecule has 0 unspecified atom stereocenters. The minimum Gasteiger partial charge on any atom is -0.477 e. The van der Waals surface area contributed by atoms with Crippen molar-refractivity contribution in [2.45, 2.75) is 0 Å². The monoisotopic (exact) mass is 192 g/mol. The van der Waals surface area contributed by atoms with Crippen molar-refractivity contribution in [1.29, 1.82) is 5.26 Å². The zero-order chi connectivity index (χ0) is 10.7. The zero-order valence-electron chi connectivity index (χ0n) is 6.80. The maximum atomic E-state index is 10.6. The second-order valence-corrected chi connectivity index (χ2v) is 2.38. The summed E-state index contributed by atoms with van der Waals surface area (Å²) in [6, 6.07) is 5.14. The SMILES string of the molecule is N#Cc1cccc(C(=O)O)c1[N+](=O)[O-]. The molecule has 1 aromatic rings. The third kappa shape index (κ3) is 1.51. The van der Waals surface area contributed by atoms with Gasteiger partial charge in [-0.05, 0) is 12.1 Å². The standard InChI is InChI=1S/C8H4N2O4/c9-4-5-2-1-3-6(8(11)12)7(5)10(13)14/h1-3H,(H,11,12). The minimum atomic E-state index is -1.42. The van der Waals surface area contributed by atoms with E-state index in [2.05, 4.69) is 0 Å². The number of nitro groups is 1. The van der Waals surface area contributed by atoms with Crippen molar-refractivity contribution >= 4 is 11.7 Å². The molecule has 0 spiro atoms. The van der Waals surface area contributed by atoms with Crippen LogP contribution in [0.2, 0.25) is 0 Å². The predicted molar refractivity (Wildman–Crippen MR) is 44.8 cm³/mol. The van der Waals surface area contributed by atoms with Crippen LogP contribution in [0.15, 0.2) is 18.2 Å². The van der Waals surface area contributed by atoms with E-state index < -0.39 is 22.1 Å². The van der Waals surface area contributed by atoms with E-state index >= 15 is 0 Å². The molecule has 0 amide bonds. The number of carbonyl (C=O) groups is 1. The van der Waals surface area contributed by atoms with E-state index in [4.69, 9.17) is 10.4 Å². The van der Waals surface area contributed by atoms with Crippen LogP contribution in [0.25, 0.3) is 0 Å². The number of carboxylic acid groups (broad SMARTS) is 1. The number of rotatable bonds is 2. The Hall–Kier alpha value is -2.42. The van der Waals surface area contributed by atoms with Gasteiger partial charge in [0.2, 0.25) is 0 Å². The normalized spacial score (nSPS) is 9.07. The Bertz CT molecular complexity index is 447. The van der Waals surface area contributed by atoms with Crippen LogP contribution in [0.1, 0.15) is 15.9 Å². The van der Waals surface area contributed by atoms with Crippen molar-refractivity contribution in [3.63, 3.8) is 0 Å². The van der Waals surface area contributed by atoms with Crippen molar-refractivity contribution in [2.75, 3.05) is 0 Å². The smallest absolute Gasteiger partial charge is 0.342 e. The lowest BCUT2D eigenvalue weighted by Gasteiger charge is -1.98. The lowest BCUT2D eigenvalue weighted by Crippen LogP contribution is -2.04. The van der Waals surface area contributed by atoms with E-state index in [1.807, 2.05) is 0 Å². The van der Waals surface area contributed by atoms with Crippen molar-refractivity contribution < 1.29 is 14.8 Å². The van der Waals surface area contributed by atoms with Gasteiger partial charge in [-0.15, -0.1) is 0 Å². The largest absolute Gasteiger partial charge is 0.477 e. The zero-order valence-corrected chi connectivity index (χ0v) is 6.80. The average molecular weight is 192 g/mol. The fourth-order valence-corrected chi connectivity index (χ4v) is 1.00. The Kier molecular flexibility index (Phi) is 2.44. The molecule has 0 aliphatic heterocycles. The number of nitrogens with zero attached hydrogens (tertiary/aromatic N) is 2. The molecule has 0 saturated carbocycles. The highest BCUT2D eigenvalue weighted by atomic mass is 16.6. The van der Waals surface area contributed by atoms with Gasteiger partial charge in [0, 0.05) is 0 Å². The number of benzene rings is 1. The summed E-state index contributed by atoms with van der Waals surface area (Å²) < 4.78 is 0. The molecule has 0 saturated heterocycles. The van der Waals surface area contributed by atoms with Gasteiger partial charge < -0.3 is 5.11 Å². The van der Waals surface area contributed by atoms with Gasteiger partial charge in [-0.25, -0.2) is 4.79 Å². The highest BCUT2D eigenvalue weighted by Gasteiger charge is 2.23. The van der Waals surface area contributed by atoms with E-state index in [1.54, 1.807) is 6.07 Å². The second-order valence-electron chi connectivity index (χ2n) is 2.38. The molecule has 70 valence electrons. The number of aromatic carboxylic acids is 1. The Morgan fingerprint density at radius 3 is 2.64 bits per heavy atom. The van der Waals surface area contributed by atoms with Crippen LogP contribution in [0.4, 0.5) is 5.69 Å². The molecule has 0 aromatic heterocycles. The molecule has 0 aliphatic carbocycles. The van der Waals surface area contributed by atoms with Crippen molar-refractivity contribution in [3.05, 3.63) is 39.4 Å². The first-order valence-electron chi connectivity index (χ1n) is 3.48. The molecular weight excluding hydrogens is 188 g/mol. The van der Waals surface area contributed by atoms with E-state index in [1.165, 1.54) is 12.1 Å². The molecule has 0 aliphatic rings. The Labute approximate surface area is 78.2 Å². The van der Waals surface area contributed by atoms with Gasteiger partial charge >= 0.3 is 11.7 Å². The first-order chi connectivity index (χ1) is 6.57. The van der Waals surface area contributed by atoms with Crippen LogP contribution in [-0.4, -0.2) is 16.0 Å². The summed E-state index contributed by atoms with van der Waals surface area (Å²) in [6.45, 7) is 0. The fourth-order valence-electron chi connectivity index (χ4n) is 1.00. The summed E-state index contributed by atoms with van der Waals surface area (Å²) in [7, 11) is 0. The van der Waals surface area contributed by atoms with E-state index in [-0.39, 0.29) is 5.56 Å². The van der Waals surface area contributed by atoms with Crippen molar-refractivity contribution in [2.24, 2.45) is 0 Å². The van der Waals surface area contributed by atoms with Crippen LogP contribution < -0.4 is 0 Å². The average Bonchev–Trinajstić information content (AvgIpc) is 2.16. The first-order valence-corrected chi connectivity index (χ1v) is 3.48. The van der Waals surface area contributed by atoms with Crippen molar-refractivity contribution in [3.8, 4) is 6.07 Å². The van der Waals surface area contributed by atoms with Crippen molar-refractivity contribution in [1.82, 2.24) is 0 Å². The van der Waals surface area contributed by atoms with Gasteiger partial charge in [-0.3, -0.25) is 10.1 Å². The summed E-state index contributed by atoms with van der Waals surface area (Å²) in [4.78, 5) is 20.2. The Balaban J connectivity index is 3.53. The van der Waals surface area contributed by atoms with Gasteiger partial charge in [0.25, 0.3) is 0 Å². The molecule has 0 heterocycles. The topological polar surface area (TPSA) is 104 Å². The number of nitriles is 1. The van der Waals surface area contributed by atoms with Gasteiger partial charge in [0.15, 0.2) is 0 Å². The third-order valence-corrected chi connectivity index (χ3v) is 1.57. The number of hydrogen-bond donors (Lipinski definition) is 1. The molecule has 6 heteroatoms. The molecule has 0 radical (unpaired) electrons. The second kappa shape index (κ2) is 3.53. The molecule has 0 atom stereocenters. The first kappa shape index (κ1) is 9.67. The molecule has 14 heavy (non-hydrogen) atoms. The molecule has 1 aromatic carbocycles. The summed E-state index contributed by atoms with van der Waals surface area (Å²) in [5, 5.41) is 27.6. The molecule has 1 rings (SSSR count). The van der Waals surface area contributed by atoms with Gasteiger partial charge in [0.05, 0.1) is 4.92 Å². The molecule has 1 N–H and O–H groups in total. The summed E-state index contributed by atoms with van der Waals surface area (Å²) in [6.07, 6.45) is 0. The fraction of sp³-hybridized carbons (Fsp3) is 0. The third-order valence-electron chi connectivity index (χ3n) is 1.57. The summed E-state index contributed by atoms with van der Waals surface area (Å²) in [5.41, 5.74) is -1.40. The van der Waals surface area contributed by atoms with E-state index in [0.717, 1.165) is 6.07 Å². The van der Waals surface area contributed by atoms with Gasteiger partial charge in [-0.1, -0.05) is 6.07 Å². The lowest BCUT2D eigenvalue weighted by molar-refractivity contribution is -0.385. The maximum Gasteiger partial charge on any atom is 0.342 e. The minimum absolute atomic E-state index is 0.255. The Morgan fingerprint density at radius 2 is 2.21 bits per heavy atom. The molecule has 0 bridgehead atoms. The van der Waals surface area contributed by atoms with Crippen LogP contribution in [-0.2, 0) is 0 Å². The van der Waals surface area contributed by atoms with Gasteiger partial charge in [-0.2, -0.15) is 5.26 Å². The van der Waals surface area contributed by atoms with E-state index in [9.17, 15) is 14.9 Å². The predicted octanol–water partition coefficient (Wildman–Crippen LogP) is 1.16. The highest BCUT2D eigenvalue weighted by Crippen LogP contribution is 2.22. The quantitative estimate of drug-likeness (QED) is 0.559. The van der Waals surface area contributed by atoms with Crippen LogP contribution >= 0.6 is 0 Å². The summed E-state index contributed by atoms with van der Waals surface area (Å²) >= 11 is 0. The van der Waals surface area contributed by atoms with E-state index in [0.29, 0.717) is 0 Å². The van der Waals surface area contributed by atoms with Crippen LogP contribution in [0.3, 0.4) is 0 Å². The number of nitro benzene ring substituents is 1. The summed E-state index contributed by atoms with van der Waals surface area (Å²) in [5.74, 6) is -1.42.